The molecule has 1 heterocycles. The molecule has 1 aromatic carbocycles. The van der Waals surface area contributed by atoms with E-state index in [1.807, 2.05) is 6.92 Å². The maximum absolute atomic E-state index is 13.5. The summed E-state index contributed by atoms with van der Waals surface area (Å²) >= 11 is 0. The number of nitrogens with zero attached hydrogens (tertiary/aromatic N) is 2. The number of aromatic nitrogens is 2. The predicted octanol–water partition coefficient (Wildman–Crippen LogP) is 2.64. The van der Waals surface area contributed by atoms with Crippen LogP contribution in [-0.2, 0) is 6.54 Å². The predicted molar refractivity (Wildman–Crippen MR) is 50.1 cm³/mol. The molecule has 14 heavy (non-hydrogen) atoms. The summed E-state index contributed by atoms with van der Waals surface area (Å²) in [5.74, 6) is -1.09. The maximum Gasteiger partial charge on any atom is 0.156 e. The highest BCUT2D eigenvalue weighted by molar-refractivity contribution is 5.77. The van der Waals surface area contributed by atoms with Gasteiger partial charge in [0.15, 0.2) is 5.82 Å². The molecule has 0 fully saturated rings. The van der Waals surface area contributed by atoms with Gasteiger partial charge < -0.3 is 4.57 Å². The highest BCUT2D eigenvalue weighted by Gasteiger charge is 2.13. The molecule has 0 aliphatic heterocycles. The van der Waals surface area contributed by atoms with E-state index < -0.39 is 11.6 Å². The molecular weight excluding hydrogens is 186 g/mol. The Labute approximate surface area is 80.2 Å². The van der Waals surface area contributed by atoms with Gasteiger partial charge in [0.1, 0.15) is 11.3 Å². The zero-order valence-electron chi connectivity index (χ0n) is 8.01. The number of hydrogen-bond donors (Lipinski definition) is 0. The van der Waals surface area contributed by atoms with E-state index in [-0.39, 0.29) is 11.1 Å². The van der Waals surface area contributed by atoms with Gasteiger partial charge in [0, 0.05) is 18.2 Å². The van der Waals surface area contributed by atoms with Crippen LogP contribution in [-0.4, -0.2) is 9.55 Å². The molecule has 0 aliphatic rings. The van der Waals surface area contributed by atoms with Crippen LogP contribution in [0.15, 0.2) is 12.4 Å². The van der Waals surface area contributed by atoms with Gasteiger partial charge >= 0.3 is 0 Å². The first kappa shape index (κ1) is 9.12. The second-order valence-corrected chi connectivity index (χ2v) is 3.20. The van der Waals surface area contributed by atoms with E-state index >= 15 is 0 Å². The summed E-state index contributed by atoms with van der Waals surface area (Å²) in [5, 5.41) is 0. The number of halogens is 2. The average Bonchev–Trinajstić information content (AvgIpc) is 2.57. The first-order chi connectivity index (χ1) is 6.65. The summed E-state index contributed by atoms with van der Waals surface area (Å²) in [4.78, 5) is 3.91. The van der Waals surface area contributed by atoms with Gasteiger partial charge in [-0.05, 0) is 13.8 Å². The lowest BCUT2D eigenvalue weighted by Crippen LogP contribution is -1.94. The van der Waals surface area contributed by atoms with Crippen LogP contribution < -0.4 is 0 Å². The van der Waals surface area contributed by atoms with Crippen LogP contribution in [0.4, 0.5) is 8.78 Å². The lowest BCUT2D eigenvalue weighted by atomic mass is 10.2. The van der Waals surface area contributed by atoms with E-state index in [4.69, 9.17) is 0 Å². The maximum atomic E-state index is 13.5. The van der Waals surface area contributed by atoms with Crippen LogP contribution in [0.1, 0.15) is 12.5 Å². The van der Waals surface area contributed by atoms with Crippen molar-refractivity contribution in [2.24, 2.45) is 0 Å². The average molecular weight is 196 g/mol. The van der Waals surface area contributed by atoms with Crippen LogP contribution >= 0.6 is 0 Å². The Kier molecular flexibility index (Phi) is 1.98. The number of rotatable bonds is 1. The normalized spacial score (nSPS) is 11.1. The number of fused-ring (bicyclic) bond motifs is 1. The van der Waals surface area contributed by atoms with E-state index in [2.05, 4.69) is 4.98 Å². The molecule has 0 saturated heterocycles. The molecule has 1 aromatic heterocycles. The van der Waals surface area contributed by atoms with Crippen molar-refractivity contribution in [3.8, 4) is 0 Å². The molecule has 74 valence electrons. The van der Waals surface area contributed by atoms with Gasteiger partial charge in [-0.2, -0.15) is 0 Å². The van der Waals surface area contributed by atoms with Crippen molar-refractivity contribution in [2.75, 3.05) is 0 Å². The minimum absolute atomic E-state index is 0.0267. The molecule has 0 amide bonds. The van der Waals surface area contributed by atoms with Gasteiger partial charge in [0.2, 0.25) is 0 Å². The lowest BCUT2D eigenvalue weighted by molar-refractivity contribution is 0.575. The fourth-order valence-electron chi connectivity index (χ4n) is 1.47. The topological polar surface area (TPSA) is 17.8 Å². The Bertz CT molecular complexity index is 488. The second kappa shape index (κ2) is 3.04. The molecule has 4 heteroatoms. The summed E-state index contributed by atoms with van der Waals surface area (Å²) in [6, 6.07) is 1.32. The van der Waals surface area contributed by atoms with Gasteiger partial charge in [0.25, 0.3) is 0 Å². The minimum atomic E-state index is -0.563. The van der Waals surface area contributed by atoms with Crippen LogP contribution in [0.2, 0.25) is 0 Å². The molecular formula is C10H10F2N2. The smallest absolute Gasteiger partial charge is 0.156 e. The molecule has 2 aromatic rings. The summed E-state index contributed by atoms with van der Waals surface area (Å²) in [5.41, 5.74) is 0.776. The summed E-state index contributed by atoms with van der Waals surface area (Å²) in [6.45, 7) is 3.96. The van der Waals surface area contributed by atoms with Crippen LogP contribution in [0, 0.1) is 18.6 Å². The second-order valence-electron chi connectivity index (χ2n) is 3.20. The Morgan fingerprint density at radius 3 is 2.79 bits per heavy atom. The number of aryl methyl sites for hydroxylation is 1. The Balaban J connectivity index is 2.86. The van der Waals surface area contributed by atoms with Crippen molar-refractivity contribution in [1.29, 1.82) is 0 Å². The molecule has 2 rings (SSSR count). The van der Waals surface area contributed by atoms with Crippen molar-refractivity contribution in [3.05, 3.63) is 29.6 Å². The highest BCUT2D eigenvalue weighted by atomic mass is 19.1. The van der Waals surface area contributed by atoms with Gasteiger partial charge in [-0.1, -0.05) is 0 Å². The van der Waals surface area contributed by atoms with Crippen LogP contribution in [0.3, 0.4) is 0 Å². The number of benzene rings is 1. The quantitative estimate of drug-likeness (QED) is 0.685. The Morgan fingerprint density at radius 2 is 2.14 bits per heavy atom. The van der Waals surface area contributed by atoms with E-state index in [1.54, 1.807) is 4.57 Å². The molecule has 0 aliphatic carbocycles. The molecule has 0 N–H and O–H groups in total. The van der Waals surface area contributed by atoms with Crippen LogP contribution in [0.25, 0.3) is 11.0 Å². The molecule has 0 bridgehead atoms. The molecule has 0 unspecified atom stereocenters. The monoisotopic (exact) mass is 196 g/mol. The fourth-order valence-corrected chi connectivity index (χ4v) is 1.47. The van der Waals surface area contributed by atoms with Crippen molar-refractivity contribution < 1.29 is 8.78 Å². The largest absolute Gasteiger partial charge is 0.331 e. The van der Waals surface area contributed by atoms with E-state index in [9.17, 15) is 8.78 Å². The number of imidazole rings is 1. The molecule has 2 nitrogen and oxygen atoms in total. The number of hydrogen-bond acceptors (Lipinski definition) is 1. The third-order valence-electron chi connectivity index (χ3n) is 2.38. The summed E-state index contributed by atoms with van der Waals surface area (Å²) in [6.07, 6.45) is 1.52. The summed E-state index contributed by atoms with van der Waals surface area (Å²) in [7, 11) is 0. The van der Waals surface area contributed by atoms with Gasteiger partial charge in [-0.15, -0.1) is 0 Å². The third-order valence-corrected chi connectivity index (χ3v) is 2.38. The van der Waals surface area contributed by atoms with E-state index in [0.717, 1.165) is 0 Å². The molecule has 0 radical (unpaired) electrons. The zero-order chi connectivity index (χ0) is 10.3. The first-order valence-corrected chi connectivity index (χ1v) is 4.44. The van der Waals surface area contributed by atoms with Crippen molar-refractivity contribution in [1.82, 2.24) is 9.55 Å². The Hall–Kier alpha value is -1.45. The molecule has 0 atom stereocenters. The SMILES string of the molecule is CCn1cnc2c(F)c(C)c(F)cc21. The standard InChI is InChI=1S/C10H10F2N2/c1-3-14-5-13-10-8(14)4-7(11)6(2)9(10)12/h4-5H,3H2,1-2H3. The molecule has 0 saturated carbocycles. The highest BCUT2D eigenvalue weighted by Crippen LogP contribution is 2.22. The Morgan fingerprint density at radius 1 is 1.43 bits per heavy atom. The fraction of sp³-hybridized carbons (Fsp3) is 0.300. The summed E-state index contributed by atoms with van der Waals surface area (Å²) < 4.78 is 28.4. The van der Waals surface area contributed by atoms with Gasteiger partial charge in [-0.25, -0.2) is 13.8 Å². The lowest BCUT2D eigenvalue weighted by Gasteiger charge is -2.02. The van der Waals surface area contributed by atoms with Crippen molar-refractivity contribution in [3.63, 3.8) is 0 Å². The van der Waals surface area contributed by atoms with Gasteiger partial charge in [-0.3, -0.25) is 0 Å². The van der Waals surface area contributed by atoms with Crippen LogP contribution in [0.5, 0.6) is 0 Å². The minimum Gasteiger partial charge on any atom is -0.331 e. The van der Waals surface area contributed by atoms with Crippen molar-refractivity contribution >= 4 is 11.0 Å². The van der Waals surface area contributed by atoms with Gasteiger partial charge in [0.05, 0.1) is 11.8 Å². The van der Waals surface area contributed by atoms with E-state index in [1.165, 1.54) is 19.3 Å². The van der Waals surface area contributed by atoms with E-state index in [0.29, 0.717) is 12.1 Å². The third kappa shape index (κ3) is 1.10. The molecule has 0 spiro atoms. The zero-order valence-corrected chi connectivity index (χ0v) is 8.01. The van der Waals surface area contributed by atoms with Crippen molar-refractivity contribution in [2.45, 2.75) is 20.4 Å². The first-order valence-electron chi connectivity index (χ1n) is 4.44.